The summed E-state index contributed by atoms with van der Waals surface area (Å²) in [6.45, 7) is 18.2. The molecule has 1 aliphatic heterocycles. The molecule has 0 saturated carbocycles. The Balaban J connectivity index is 1.63. The highest BCUT2D eigenvalue weighted by atomic mass is 16.5. The van der Waals surface area contributed by atoms with E-state index in [1.165, 1.54) is 0 Å². The van der Waals surface area contributed by atoms with Gasteiger partial charge in [-0.25, -0.2) is 0 Å². The van der Waals surface area contributed by atoms with Crippen molar-refractivity contribution in [3.05, 3.63) is 0 Å². The first-order valence-electron chi connectivity index (χ1n) is 18.9. The third-order valence-electron chi connectivity index (χ3n) is 7.83. The Bertz CT molecular complexity index is 987. The number of anilines is 6. The Morgan fingerprint density at radius 1 is 0.400 bits per heavy atom. The number of hydrogen-bond acceptors (Lipinski definition) is 16. The molecule has 2 aromatic rings. The number of unbranched alkanes of at least 4 members (excludes halogenated alkanes) is 4. The van der Waals surface area contributed by atoms with Gasteiger partial charge >= 0.3 is 0 Å². The normalized spacial score (nSPS) is 16.0. The summed E-state index contributed by atoms with van der Waals surface area (Å²) < 4.78 is 24.0. The molecule has 3 heterocycles. The van der Waals surface area contributed by atoms with Crippen molar-refractivity contribution >= 4 is 35.7 Å². The molecule has 0 atom stereocenters. The van der Waals surface area contributed by atoms with Crippen LogP contribution in [0, 0.1) is 0 Å². The van der Waals surface area contributed by atoms with Gasteiger partial charge in [0.15, 0.2) is 0 Å². The Morgan fingerprint density at radius 2 is 0.660 bits per heavy atom. The van der Waals surface area contributed by atoms with Gasteiger partial charge in [-0.05, 0) is 25.7 Å². The maximum Gasteiger partial charge on any atom is 0.232 e. The maximum absolute atomic E-state index is 5.99. The van der Waals surface area contributed by atoms with Crippen molar-refractivity contribution in [1.29, 1.82) is 0 Å². The fourth-order valence-electron chi connectivity index (χ4n) is 4.80. The van der Waals surface area contributed by atoms with Crippen LogP contribution in [-0.4, -0.2) is 135 Å². The van der Waals surface area contributed by atoms with Crippen LogP contribution in [-0.2, 0) is 18.9 Å². The van der Waals surface area contributed by atoms with Crippen LogP contribution >= 0.6 is 0 Å². The van der Waals surface area contributed by atoms with Gasteiger partial charge in [0, 0.05) is 52.4 Å². The zero-order chi connectivity index (χ0) is 35.5. The summed E-state index contributed by atoms with van der Waals surface area (Å²) in [5, 5.41) is 13.4. The molecule has 0 spiro atoms. The van der Waals surface area contributed by atoms with Crippen LogP contribution in [0.1, 0.15) is 79.1 Å². The van der Waals surface area contributed by atoms with E-state index in [4.69, 9.17) is 38.9 Å². The highest BCUT2D eigenvalue weighted by Crippen LogP contribution is 2.16. The molecular formula is C34H64N12O4. The highest BCUT2D eigenvalue weighted by molar-refractivity contribution is 5.45. The Hall–Kier alpha value is -3.34. The van der Waals surface area contributed by atoms with Crippen LogP contribution in [0.3, 0.4) is 0 Å². The Kier molecular flexibility index (Phi) is 21.7. The molecule has 1 fully saturated rings. The number of rotatable bonds is 18. The van der Waals surface area contributed by atoms with E-state index in [0.29, 0.717) is 115 Å². The highest BCUT2D eigenvalue weighted by Gasteiger charge is 2.16. The quantitative estimate of drug-likeness (QED) is 0.162. The van der Waals surface area contributed by atoms with Crippen molar-refractivity contribution in [3.63, 3.8) is 0 Å². The second-order valence-electron chi connectivity index (χ2n) is 12.1. The molecule has 3 rings (SSSR count). The molecule has 0 amide bonds. The molecule has 0 unspecified atom stereocenters. The lowest BCUT2D eigenvalue weighted by atomic mass is 10.3. The summed E-state index contributed by atoms with van der Waals surface area (Å²) >= 11 is 0. The van der Waals surface area contributed by atoms with E-state index in [-0.39, 0.29) is 0 Å². The van der Waals surface area contributed by atoms with Crippen molar-refractivity contribution in [2.75, 3.05) is 136 Å². The summed E-state index contributed by atoms with van der Waals surface area (Å²) in [5.74, 6) is 3.49. The predicted octanol–water partition coefficient (Wildman–Crippen LogP) is 4.30. The molecule has 4 N–H and O–H groups in total. The summed E-state index contributed by atoms with van der Waals surface area (Å²) in [7, 11) is 0. The van der Waals surface area contributed by atoms with Gasteiger partial charge in [-0.2, -0.15) is 29.9 Å². The molecule has 284 valence electrons. The number of hydrogen-bond donors (Lipinski definition) is 4. The van der Waals surface area contributed by atoms with Gasteiger partial charge in [0.25, 0.3) is 0 Å². The molecule has 1 saturated heterocycles. The number of aromatic nitrogens is 6. The average Bonchev–Trinajstić information content (AvgIpc) is 3.12. The van der Waals surface area contributed by atoms with Crippen molar-refractivity contribution in [3.8, 4) is 0 Å². The topological polar surface area (TPSA) is 169 Å². The molecule has 16 nitrogen and oxygen atoms in total. The minimum Gasteiger partial charge on any atom is -0.377 e. The van der Waals surface area contributed by atoms with Crippen molar-refractivity contribution < 1.29 is 18.9 Å². The van der Waals surface area contributed by atoms with Crippen LogP contribution in [0.5, 0.6) is 0 Å². The van der Waals surface area contributed by atoms with E-state index in [1.54, 1.807) is 0 Å². The molecule has 16 heteroatoms. The van der Waals surface area contributed by atoms with Crippen LogP contribution in [0.25, 0.3) is 0 Å². The van der Waals surface area contributed by atoms with Crippen LogP contribution in [0.4, 0.5) is 35.7 Å². The van der Waals surface area contributed by atoms with Gasteiger partial charge in [-0.3, -0.25) is 0 Å². The number of nitrogens with one attached hydrogen (secondary N) is 4. The zero-order valence-electron chi connectivity index (χ0n) is 31.2. The van der Waals surface area contributed by atoms with Gasteiger partial charge in [0.1, 0.15) is 0 Å². The van der Waals surface area contributed by atoms with E-state index in [0.717, 1.165) is 77.5 Å². The summed E-state index contributed by atoms with van der Waals surface area (Å²) in [4.78, 5) is 32.4. The van der Waals surface area contributed by atoms with Crippen LogP contribution in [0.2, 0.25) is 0 Å². The van der Waals surface area contributed by atoms with Gasteiger partial charge in [0.2, 0.25) is 35.7 Å². The predicted molar refractivity (Wildman–Crippen MR) is 201 cm³/mol. The SMILES string of the molecule is CCCCNc1nc(NCCCC)nc(N2CCOCCOCCN(c3nc(NCCCC)nc(NCCCC)n3)CCOCCOCC2)n1. The van der Waals surface area contributed by atoms with Gasteiger partial charge in [0.05, 0.1) is 52.9 Å². The van der Waals surface area contributed by atoms with Gasteiger partial charge in [-0.15, -0.1) is 0 Å². The average molecular weight is 705 g/mol. The maximum atomic E-state index is 5.99. The van der Waals surface area contributed by atoms with Crippen molar-refractivity contribution in [1.82, 2.24) is 29.9 Å². The van der Waals surface area contributed by atoms with E-state index in [2.05, 4.69) is 68.7 Å². The first-order valence-corrected chi connectivity index (χ1v) is 18.9. The lowest BCUT2D eigenvalue weighted by Gasteiger charge is -2.25. The molecule has 1 aliphatic rings. The summed E-state index contributed by atoms with van der Waals surface area (Å²) in [6, 6.07) is 0. The summed E-state index contributed by atoms with van der Waals surface area (Å²) in [5.41, 5.74) is 0. The van der Waals surface area contributed by atoms with Crippen LogP contribution in [0.15, 0.2) is 0 Å². The number of nitrogens with zero attached hydrogens (tertiary/aromatic N) is 8. The molecule has 0 aromatic carbocycles. The van der Waals surface area contributed by atoms with E-state index >= 15 is 0 Å². The van der Waals surface area contributed by atoms with Crippen LogP contribution < -0.4 is 31.1 Å². The molecule has 50 heavy (non-hydrogen) atoms. The molecule has 0 bridgehead atoms. The monoisotopic (exact) mass is 705 g/mol. The lowest BCUT2D eigenvalue weighted by Crippen LogP contribution is -2.35. The third kappa shape index (κ3) is 17.1. The Labute approximate surface area is 299 Å². The first-order chi connectivity index (χ1) is 24.7. The fraction of sp³-hybridized carbons (Fsp3) is 0.824. The smallest absolute Gasteiger partial charge is 0.232 e. The van der Waals surface area contributed by atoms with Crippen molar-refractivity contribution in [2.45, 2.75) is 79.1 Å². The van der Waals surface area contributed by atoms with E-state index in [1.807, 2.05) is 0 Å². The lowest BCUT2D eigenvalue weighted by molar-refractivity contribution is 0.0433. The third-order valence-corrected chi connectivity index (χ3v) is 7.83. The molecular weight excluding hydrogens is 640 g/mol. The minimum atomic E-state index is 0.473. The molecule has 2 aromatic heterocycles. The largest absolute Gasteiger partial charge is 0.377 e. The first kappa shape index (κ1) is 41.1. The number of ether oxygens (including phenoxy) is 4. The van der Waals surface area contributed by atoms with Gasteiger partial charge < -0.3 is 50.0 Å². The van der Waals surface area contributed by atoms with E-state index < -0.39 is 0 Å². The molecule has 0 radical (unpaired) electrons. The second kappa shape index (κ2) is 26.5. The molecule has 0 aliphatic carbocycles. The van der Waals surface area contributed by atoms with E-state index in [9.17, 15) is 0 Å². The van der Waals surface area contributed by atoms with Crippen molar-refractivity contribution in [2.24, 2.45) is 0 Å². The minimum absolute atomic E-state index is 0.473. The Morgan fingerprint density at radius 3 is 0.900 bits per heavy atom. The fourth-order valence-corrected chi connectivity index (χ4v) is 4.80. The summed E-state index contributed by atoms with van der Waals surface area (Å²) in [6.07, 6.45) is 8.53. The second-order valence-corrected chi connectivity index (χ2v) is 12.1. The van der Waals surface area contributed by atoms with Gasteiger partial charge in [-0.1, -0.05) is 53.4 Å². The zero-order valence-corrected chi connectivity index (χ0v) is 31.2. The standard InChI is InChI=1S/C34H64N12O4/c1-5-9-13-35-29-39-30(36-14-10-6-2)42-33(41-29)45-17-21-47-25-27-49-23-19-46(20-24-50-28-26-48-22-18-45)34-43-31(37-15-11-7-3)40-32(44-34)38-16-12-8-4/h5-28H2,1-4H3,(H2,35,36,39,41,42)(H2,37,38,40,43,44).